The van der Waals surface area contributed by atoms with Crippen LogP contribution in [0, 0.1) is 22.7 Å². The highest BCUT2D eigenvalue weighted by Gasteiger charge is 2.57. The lowest BCUT2D eigenvalue weighted by Gasteiger charge is -2.56. The van der Waals surface area contributed by atoms with Crippen LogP contribution in [0.3, 0.4) is 0 Å². The van der Waals surface area contributed by atoms with E-state index in [-0.39, 0.29) is 23.4 Å². The van der Waals surface area contributed by atoms with Crippen molar-refractivity contribution in [3.63, 3.8) is 0 Å². The lowest BCUT2D eigenvalue weighted by atomic mass is 9.60. The van der Waals surface area contributed by atoms with Crippen molar-refractivity contribution >= 4 is 0 Å². The van der Waals surface area contributed by atoms with Crippen molar-refractivity contribution in [3.8, 4) is 0 Å². The van der Waals surface area contributed by atoms with E-state index in [0.29, 0.717) is 38.3 Å². The second-order valence-electron chi connectivity index (χ2n) is 10.8. The number of aliphatic hydroxyl groups excluding tert-OH is 1. The Balaban J connectivity index is 1.20. The Kier molecular flexibility index (Phi) is 6.23. The van der Waals surface area contributed by atoms with E-state index in [1.165, 1.54) is 64.2 Å². The van der Waals surface area contributed by atoms with Crippen LogP contribution in [-0.4, -0.2) is 50.2 Å². The molecule has 0 aromatic rings. The molecular weight excluding hydrogens is 368 g/mol. The van der Waals surface area contributed by atoms with Crippen molar-refractivity contribution in [1.82, 2.24) is 0 Å². The Morgan fingerprint density at radius 1 is 0.517 bits per heavy atom. The lowest BCUT2D eigenvalue weighted by molar-refractivity contribution is -0.322. The normalized spacial score (nSPS) is 45.6. The Labute approximate surface area is 175 Å². The average Bonchev–Trinajstić information content (AvgIpc) is 2.80. The molecule has 166 valence electrons. The van der Waals surface area contributed by atoms with Crippen molar-refractivity contribution in [2.75, 3.05) is 26.4 Å². The van der Waals surface area contributed by atoms with E-state index in [4.69, 9.17) is 18.9 Å². The van der Waals surface area contributed by atoms with Gasteiger partial charge in [0.05, 0.1) is 32.5 Å². The molecule has 5 heteroatoms. The molecular formula is C24H40O5. The summed E-state index contributed by atoms with van der Waals surface area (Å²) in [6, 6.07) is 0. The summed E-state index contributed by atoms with van der Waals surface area (Å²) in [5.41, 5.74) is -0.596. The SMILES string of the molecule is OC1C2(CCCC13COC(C1CCCCC1)OC3)COC(C1CCCCC1)OC2. The fourth-order valence-corrected chi connectivity index (χ4v) is 6.85. The van der Waals surface area contributed by atoms with E-state index >= 15 is 0 Å². The standard InChI is InChI=1S/C24H40O5/c25-22-23(14-26-20(27-15-23)18-8-3-1-4-9-18)12-7-13-24(22)16-28-21(29-17-24)19-10-5-2-6-11-19/h18-22,25H,1-17H2. The van der Waals surface area contributed by atoms with Crippen LogP contribution < -0.4 is 0 Å². The predicted octanol–water partition coefficient (Wildman–Crippen LogP) is 4.41. The van der Waals surface area contributed by atoms with Crippen LogP contribution in [0.25, 0.3) is 0 Å². The molecule has 2 heterocycles. The van der Waals surface area contributed by atoms with Crippen molar-refractivity contribution < 1.29 is 24.1 Å². The van der Waals surface area contributed by atoms with Gasteiger partial charge in [-0.1, -0.05) is 44.9 Å². The Hall–Kier alpha value is -0.200. The van der Waals surface area contributed by atoms with Gasteiger partial charge in [0.1, 0.15) is 0 Å². The maximum atomic E-state index is 11.5. The van der Waals surface area contributed by atoms with Gasteiger partial charge in [0.15, 0.2) is 12.6 Å². The quantitative estimate of drug-likeness (QED) is 0.733. The first-order valence-corrected chi connectivity index (χ1v) is 12.4. The van der Waals surface area contributed by atoms with Gasteiger partial charge in [-0.3, -0.25) is 0 Å². The van der Waals surface area contributed by atoms with Gasteiger partial charge in [-0.2, -0.15) is 0 Å². The summed E-state index contributed by atoms with van der Waals surface area (Å²) in [5, 5.41) is 11.5. The van der Waals surface area contributed by atoms with Crippen LogP contribution in [0.15, 0.2) is 0 Å². The molecule has 2 saturated heterocycles. The molecule has 5 nitrogen and oxygen atoms in total. The lowest BCUT2D eigenvalue weighted by Crippen LogP contribution is -2.63. The maximum Gasteiger partial charge on any atom is 0.160 e. The first-order valence-electron chi connectivity index (χ1n) is 12.4. The third-order valence-electron chi connectivity index (χ3n) is 8.72. The maximum absolute atomic E-state index is 11.5. The molecule has 0 aromatic heterocycles. The van der Waals surface area contributed by atoms with Crippen molar-refractivity contribution in [3.05, 3.63) is 0 Å². The van der Waals surface area contributed by atoms with Gasteiger partial charge in [0.2, 0.25) is 0 Å². The minimum Gasteiger partial charge on any atom is -0.392 e. The Morgan fingerprint density at radius 2 is 0.897 bits per heavy atom. The Bertz CT molecular complexity index is 477. The smallest absolute Gasteiger partial charge is 0.160 e. The molecule has 3 aliphatic carbocycles. The molecule has 1 N–H and O–H groups in total. The van der Waals surface area contributed by atoms with Crippen molar-refractivity contribution in [2.45, 2.75) is 102 Å². The van der Waals surface area contributed by atoms with E-state index in [2.05, 4.69) is 0 Å². The summed E-state index contributed by atoms with van der Waals surface area (Å²) in [4.78, 5) is 0. The summed E-state index contributed by atoms with van der Waals surface area (Å²) < 4.78 is 25.1. The van der Waals surface area contributed by atoms with E-state index in [0.717, 1.165) is 19.3 Å². The highest BCUT2D eigenvalue weighted by molar-refractivity contribution is 5.04. The number of hydrogen-bond donors (Lipinski definition) is 1. The molecule has 5 fully saturated rings. The number of hydrogen-bond acceptors (Lipinski definition) is 5. The summed E-state index contributed by atoms with van der Waals surface area (Å²) in [6.07, 6.45) is 15.1. The highest BCUT2D eigenvalue weighted by Crippen LogP contribution is 2.51. The van der Waals surface area contributed by atoms with E-state index in [9.17, 15) is 5.11 Å². The van der Waals surface area contributed by atoms with Crippen LogP contribution in [0.4, 0.5) is 0 Å². The zero-order chi connectivity index (χ0) is 19.7. The highest BCUT2D eigenvalue weighted by atomic mass is 16.7. The van der Waals surface area contributed by atoms with Gasteiger partial charge in [-0.05, 0) is 38.5 Å². The summed E-state index contributed by atoms with van der Waals surface area (Å²) in [6.45, 7) is 2.46. The summed E-state index contributed by atoms with van der Waals surface area (Å²) >= 11 is 0. The molecule has 0 bridgehead atoms. The molecule has 0 radical (unpaired) electrons. The summed E-state index contributed by atoms with van der Waals surface area (Å²) in [5.74, 6) is 1.07. The number of aliphatic hydroxyl groups is 1. The fraction of sp³-hybridized carbons (Fsp3) is 1.00. The monoisotopic (exact) mass is 408 g/mol. The first kappa shape index (κ1) is 20.7. The molecule has 29 heavy (non-hydrogen) atoms. The molecule has 2 spiro atoms. The van der Waals surface area contributed by atoms with Crippen LogP contribution in [-0.2, 0) is 18.9 Å². The zero-order valence-corrected chi connectivity index (χ0v) is 18.0. The predicted molar refractivity (Wildman–Crippen MR) is 109 cm³/mol. The van der Waals surface area contributed by atoms with Gasteiger partial charge in [0, 0.05) is 22.7 Å². The Morgan fingerprint density at radius 3 is 1.28 bits per heavy atom. The fourth-order valence-electron chi connectivity index (χ4n) is 6.85. The van der Waals surface area contributed by atoms with Gasteiger partial charge < -0.3 is 24.1 Å². The van der Waals surface area contributed by atoms with E-state index < -0.39 is 6.10 Å². The van der Waals surface area contributed by atoms with Crippen LogP contribution >= 0.6 is 0 Å². The molecule has 0 unspecified atom stereocenters. The van der Waals surface area contributed by atoms with E-state index in [1.807, 2.05) is 0 Å². The molecule has 5 aliphatic rings. The van der Waals surface area contributed by atoms with Crippen molar-refractivity contribution in [1.29, 1.82) is 0 Å². The van der Waals surface area contributed by atoms with Gasteiger partial charge in [-0.15, -0.1) is 0 Å². The third-order valence-corrected chi connectivity index (χ3v) is 8.72. The third kappa shape index (κ3) is 4.03. The summed E-state index contributed by atoms with van der Waals surface area (Å²) in [7, 11) is 0. The van der Waals surface area contributed by atoms with Gasteiger partial charge >= 0.3 is 0 Å². The second-order valence-corrected chi connectivity index (χ2v) is 10.8. The molecule has 0 aromatic carbocycles. The molecule has 0 amide bonds. The topological polar surface area (TPSA) is 57.2 Å². The van der Waals surface area contributed by atoms with E-state index in [1.54, 1.807) is 0 Å². The first-order chi connectivity index (χ1) is 14.2. The van der Waals surface area contributed by atoms with Crippen LogP contribution in [0.1, 0.15) is 83.5 Å². The largest absolute Gasteiger partial charge is 0.392 e. The second kappa shape index (κ2) is 8.74. The molecule has 3 saturated carbocycles. The van der Waals surface area contributed by atoms with Crippen LogP contribution in [0.5, 0.6) is 0 Å². The van der Waals surface area contributed by atoms with Gasteiger partial charge in [0.25, 0.3) is 0 Å². The zero-order valence-electron chi connectivity index (χ0n) is 18.0. The van der Waals surface area contributed by atoms with Gasteiger partial charge in [-0.25, -0.2) is 0 Å². The average molecular weight is 409 g/mol. The molecule has 2 aliphatic heterocycles. The number of rotatable bonds is 2. The molecule has 5 rings (SSSR count). The minimum atomic E-state index is -0.483. The number of ether oxygens (including phenoxy) is 4. The van der Waals surface area contributed by atoms with Crippen molar-refractivity contribution in [2.24, 2.45) is 22.7 Å². The minimum absolute atomic E-state index is 0.0689. The van der Waals surface area contributed by atoms with Crippen LogP contribution in [0.2, 0.25) is 0 Å². The molecule has 0 atom stereocenters.